The van der Waals surface area contributed by atoms with Crippen molar-refractivity contribution in [2.75, 3.05) is 6.61 Å². The zero-order valence-electron chi connectivity index (χ0n) is 22.0. The predicted octanol–water partition coefficient (Wildman–Crippen LogP) is 2.47. The Hall–Kier alpha value is -0.390. The summed E-state index contributed by atoms with van der Waals surface area (Å²) in [5, 5.41) is 48.4. The first kappa shape index (κ1) is 31.1. The summed E-state index contributed by atoms with van der Waals surface area (Å²) >= 11 is 0. The average molecular weight is 549 g/mol. The van der Waals surface area contributed by atoms with Gasteiger partial charge in [-0.05, 0) is 31.4 Å². The third kappa shape index (κ3) is 9.64. The lowest BCUT2D eigenvalue weighted by Gasteiger charge is -2.46. The normalized spacial score (nSPS) is 39.6. The fraction of sp³-hybridized carbons (Fsp3) is 0.923. The molecule has 3 fully saturated rings. The minimum absolute atomic E-state index is 0.0345. The van der Waals surface area contributed by atoms with E-state index in [9.17, 15) is 20.4 Å². The molecule has 8 N–H and O–H groups in total. The topological polar surface area (TPSA) is 164 Å². The lowest BCUT2D eigenvalue weighted by Crippen LogP contribution is -2.57. The van der Waals surface area contributed by atoms with Crippen LogP contribution in [-0.4, -0.2) is 73.8 Å². The Balaban J connectivity index is 1.65. The summed E-state index contributed by atoms with van der Waals surface area (Å²) in [6.45, 7) is -0.259. The number of hydrogen-bond acceptors (Lipinski definition) is 10. The Morgan fingerprint density at radius 2 is 1.46 bits per heavy atom. The van der Waals surface area contributed by atoms with Crippen LogP contribution in [0.25, 0.3) is 0 Å². The Morgan fingerprint density at radius 3 is 2.08 bits per heavy atom. The summed E-state index contributed by atoms with van der Waals surface area (Å²) in [5.41, 5.74) is -0.584. The van der Waals surface area contributed by atoms with Crippen molar-refractivity contribution in [3.05, 3.63) is 12.3 Å². The van der Waals surface area contributed by atoms with Crippen molar-refractivity contribution >= 4 is 8.60 Å². The molecule has 2 saturated heterocycles. The first-order valence-corrected chi connectivity index (χ1v) is 15.4. The number of rotatable bonds is 6. The smallest absolute Gasteiger partial charge is 0.327 e. The summed E-state index contributed by atoms with van der Waals surface area (Å²) in [5.74, 6) is 0.0345. The van der Waals surface area contributed by atoms with Gasteiger partial charge in [-0.25, -0.2) is 0 Å². The molecular formula is C26H49N2O8P. The second-order valence-electron chi connectivity index (χ2n) is 11.1. The van der Waals surface area contributed by atoms with Crippen LogP contribution in [0.15, 0.2) is 12.3 Å². The van der Waals surface area contributed by atoms with Gasteiger partial charge in [0.05, 0.1) is 6.61 Å². The van der Waals surface area contributed by atoms with Crippen molar-refractivity contribution in [2.24, 2.45) is 11.3 Å². The van der Waals surface area contributed by atoms with Gasteiger partial charge in [0.2, 0.25) is 0 Å². The van der Waals surface area contributed by atoms with E-state index < -0.39 is 51.0 Å². The molecule has 216 valence electrons. The van der Waals surface area contributed by atoms with Crippen LogP contribution >= 0.6 is 8.60 Å². The van der Waals surface area contributed by atoms with Gasteiger partial charge >= 0.3 is 8.60 Å². The van der Waals surface area contributed by atoms with Crippen LogP contribution < -0.4 is 10.6 Å². The quantitative estimate of drug-likeness (QED) is 0.231. The van der Waals surface area contributed by atoms with Crippen LogP contribution in [0.2, 0.25) is 0 Å². The summed E-state index contributed by atoms with van der Waals surface area (Å²) in [4.78, 5) is 17.9. The summed E-state index contributed by atoms with van der Waals surface area (Å²) in [6.07, 6.45) is 14.4. The number of piperidine rings is 1. The third-order valence-electron chi connectivity index (χ3n) is 8.32. The maximum atomic E-state index is 11.1. The molecule has 10 nitrogen and oxygen atoms in total. The van der Waals surface area contributed by atoms with Crippen molar-refractivity contribution in [3.63, 3.8) is 0 Å². The van der Waals surface area contributed by atoms with E-state index >= 15 is 0 Å². The molecule has 0 radical (unpaired) electrons. The minimum Gasteiger partial charge on any atom is -0.387 e. The van der Waals surface area contributed by atoms with Crippen molar-refractivity contribution in [3.8, 4) is 0 Å². The molecule has 0 spiro atoms. The Kier molecular flexibility index (Phi) is 13.5. The van der Waals surface area contributed by atoms with E-state index in [2.05, 4.69) is 10.6 Å². The molecule has 3 aliphatic rings. The van der Waals surface area contributed by atoms with Gasteiger partial charge in [0, 0.05) is 5.41 Å². The van der Waals surface area contributed by atoms with E-state index in [0.29, 0.717) is 6.42 Å². The second kappa shape index (κ2) is 16.0. The van der Waals surface area contributed by atoms with Crippen LogP contribution in [0.4, 0.5) is 0 Å². The van der Waals surface area contributed by atoms with Crippen LogP contribution in [0.5, 0.6) is 0 Å². The molecular weight excluding hydrogens is 499 g/mol. The Labute approximate surface area is 222 Å². The molecule has 2 heterocycles. The highest BCUT2D eigenvalue weighted by molar-refractivity contribution is 7.39. The van der Waals surface area contributed by atoms with Gasteiger partial charge in [-0.2, -0.15) is 0 Å². The zero-order chi connectivity index (χ0) is 26.7. The van der Waals surface area contributed by atoms with Gasteiger partial charge in [-0.3, -0.25) is 5.32 Å². The molecule has 3 rings (SSSR count). The molecule has 11 heteroatoms. The first-order chi connectivity index (χ1) is 17.8. The highest BCUT2D eigenvalue weighted by Crippen LogP contribution is 2.43. The van der Waals surface area contributed by atoms with E-state index in [1.54, 1.807) is 6.20 Å². The van der Waals surface area contributed by atoms with Crippen LogP contribution in [0.1, 0.15) is 96.3 Å². The number of aliphatic hydroxyl groups excluding tert-OH is 4. The van der Waals surface area contributed by atoms with Crippen molar-refractivity contribution < 1.29 is 39.5 Å². The first-order valence-electron chi connectivity index (χ1n) is 14.2. The number of hydrogen-bond donors (Lipinski definition) is 8. The van der Waals surface area contributed by atoms with Crippen molar-refractivity contribution in [1.29, 1.82) is 0 Å². The van der Waals surface area contributed by atoms with Crippen molar-refractivity contribution in [2.45, 2.75) is 133 Å². The second-order valence-corrected chi connectivity index (χ2v) is 11.9. The molecule has 1 saturated carbocycles. The molecule has 1 aliphatic carbocycles. The highest BCUT2D eigenvalue weighted by atomic mass is 31.2. The number of fused-ring (bicyclic) bond motifs is 2. The van der Waals surface area contributed by atoms with Gasteiger partial charge in [0.25, 0.3) is 0 Å². The highest BCUT2D eigenvalue weighted by Gasteiger charge is 2.45. The Bertz CT molecular complexity index is 674. The van der Waals surface area contributed by atoms with Gasteiger partial charge in [-0.1, -0.05) is 83.1 Å². The van der Waals surface area contributed by atoms with Gasteiger partial charge in [-0.15, -0.1) is 0 Å². The van der Waals surface area contributed by atoms with E-state index in [1.807, 2.05) is 6.08 Å². The molecule has 2 bridgehead atoms. The van der Waals surface area contributed by atoms with Crippen molar-refractivity contribution in [1.82, 2.24) is 10.6 Å². The predicted molar refractivity (Wildman–Crippen MR) is 141 cm³/mol. The number of ether oxygens (including phenoxy) is 1. The maximum absolute atomic E-state index is 11.1. The molecule has 0 aromatic rings. The third-order valence-corrected chi connectivity index (χ3v) is 8.70. The van der Waals surface area contributed by atoms with Gasteiger partial charge < -0.3 is 44.8 Å². The van der Waals surface area contributed by atoms with Gasteiger partial charge in [0.1, 0.15) is 30.8 Å². The monoisotopic (exact) mass is 548 g/mol. The fourth-order valence-electron chi connectivity index (χ4n) is 6.02. The van der Waals surface area contributed by atoms with Crippen LogP contribution in [0, 0.1) is 11.3 Å². The molecule has 8 unspecified atom stereocenters. The van der Waals surface area contributed by atoms with Crippen LogP contribution in [-0.2, 0) is 9.26 Å². The van der Waals surface area contributed by atoms with E-state index in [1.165, 1.54) is 51.4 Å². The molecule has 0 amide bonds. The molecule has 2 aliphatic heterocycles. The zero-order valence-corrected chi connectivity index (χ0v) is 22.9. The van der Waals surface area contributed by atoms with E-state index in [4.69, 9.17) is 19.0 Å². The lowest BCUT2D eigenvalue weighted by atomic mass is 9.69. The number of nitrogens with one attached hydrogen (secondary N) is 2. The molecule has 0 aromatic heterocycles. The molecule has 37 heavy (non-hydrogen) atoms. The minimum atomic E-state index is -2.58. The lowest BCUT2D eigenvalue weighted by molar-refractivity contribution is -0.102. The molecule has 0 aromatic carbocycles. The average Bonchev–Trinajstić information content (AvgIpc) is 3.13. The Morgan fingerprint density at radius 1 is 0.865 bits per heavy atom. The maximum Gasteiger partial charge on any atom is 0.327 e. The summed E-state index contributed by atoms with van der Waals surface area (Å²) < 4.78 is 10.4. The van der Waals surface area contributed by atoms with Gasteiger partial charge in [0.15, 0.2) is 6.23 Å². The van der Waals surface area contributed by atoms with E-state index in [-0.39, 0.29) is 12.5 Å². The number of aliphatic hydroxyl groups is 4. The van der Waals surface area contributed by atoms with Crippen LogP contribution in [0.3, 0.4) is 0 Å². The van der Waals surface area contributed by atoms with E-state index in [0.717, 1.165) is 38.5 Å². The summed E-state index contributed by atoms with van der Waals surface area (Å²) in [6, 6.07) is 0. The SMILES string of the molecule is OC1NC(O)C2(/C=C\NC3OC(COP(O)O)C(O)C3O)CCCCCCCCCCCCCCC1C2. The largest absolute Gasteiger partial charge is 0.387 e. The molecule has 8 atom stereocenters. The summed E-state index contributed by atoms with van der Waals surface area (Å²) in [7, 11) is -2.58. The fourth-order valence-corrected chi connectivity index (χ4v) is 6.30. The standard InChI is InChI=1S/C26H49N2O8P/c29-21-20(18-35-37(33)34)36-24(22(21)30)27-16-15-26-14-12-10-8-6-4-2-1-3-5-7-9-11-13-19(17-26)23(31)28-25(26)32/h15-16,19-25,27-34H,1-14,17-18H2/b16-15-.